The first-order chi connectivity index (χ1) is 13.0. The largest absolute Gasteiger partial charge is 0.324 e. The summed E-state index contributed by atoms with van der Waals surface area (Å²) in [6, 6.07) is 11.1. The Labute approximate surface area is 159 Å². The van der Waals surface area contributed by atoms with Crippen molar-refractivity contribution < 1.29 is 14.0 Å². The van der Waals surface area contributed by atoms with Gasteiger partial charge in [-0.1, -0.05) is 17.8 Å². The van der Waals surface area contributed by atoms with Crippen molar-refractivity contribution in [2.24, 2.45) is 0 Å². The number of hydrogen-bond donors (Lipinski definition) is 2. The number of halogens is 1. The molecule has 0 spiro atoms. The third-order valence-electron chi connectivity index (χ3n) is 3.71. The topological polar surface area (TPSA) is 76.0 Å². The highest BCUT2D eigenvalue weighted by Gasteiger charge is 2.11. The molecule has 1 aromatic heterocycles. The van der Waals surface area contributed by atoms with Gasteiger partial charge in [0.1, 0.15) is 5.82 Å². The first-order valence-electron chi connectivity index (χ1n) is 8.04. The van der Waals surface area contributed by atoms with E-state index in [1.54, 1.807) is 24.4 Å². The molecule has 138 valence electrons. The quantitative estimate of drug-likeness (QED) is 0.653. The van der Waals surface area contributed by atoms with Crippen LogP contribution in [-0.2, 0) is 4.79 Å². The predicted octanol–water partition coefficient (Wildman–Crippen LogP) is 3.94. The number of benzene rings is 2. The first kappa shape index (κ1) is 18.7. The van der Waals surface area contributed by atoms with E-state index in [9.17, 15) is 14.0 Å². The third-order valence-corrected chi connectivity index (χ3v) is 4.38. The van der Waals surface area contributed by atoms with Gasteiger partial charge < -0.3 is 10.6 Å². The molecule has 0 radical (unpaired) electrons. The number of carbonyl (C=O) groups is 2. The van der Waals surface area contributed by atoms with Crippen LogP contribution in [0.5, 0.6) is 0 Å². The van der Waals surface area contributed by atoms with Gasteiger partial charge in [0.25, 0.3) is 5.91 Å². The molecule has 0 atom stereocenters. The van der Waals surface area contributed by atoms with Crippen LogP contribution in [0.4, 0.5) is 15.8 Å². The number of imidazole rings is 1. The Balaban J connectivity index is 1.83. The lowest BCUT2D eigenvalue weighted by molar-refractivity contribution is -0.114. The van der Waals surface area contributed by atoms with Crippen molar-refractivity contribution in [1.29, 1.82) is 0 Å². The van der Waals surface area contributed by atoms with Crippen molar-refractivity contribution in [3.63, 3.8) is 0 Å². The van der Waals surface area contributed by atoms with Crippen molar-refractivity contribution >= 4 is 35.0 Å². The minimum Gasteiger partial charge on any atom is -0.324 e. The number of nitrogens with one attached hydrogen (secondary N) is 2. The number of aromatic nitrogens is 2. The molecule has 0 fully saturated rings. The van der Waals surface area contributed by atoms with Crippen molar-refractivity contribution in [2.45, 2.75) is 12.1 Å². The summed E-state index contributed by atoms with van der Waals surface area (Å²) in [7, 11) is 0. The van der Waals surface area contributed by atoms with E-state index in [1.165, 1.54) is 36.9 Å². The Morgan fingerprint density at radius 3 is 2.70 bits per heavy atom. The maximum absolute atomic E-state index is 13.7. The molecule has 3 rings (SSSR count). The van der Waals surface area contributed by atoms with Crippen LogP contribution in [0, 0.1) is 5.82 Å². The number of carbonyl (C=O) groups excluding carboxylic acids is 2. The smallest absolute Gasteiger partial charge is 0.255 e. The van der Waals surface area contributed by atoms with Gasteiger partial charge >= 0.3 is 0 Å². The minimum atomic E-state index is -0.574. The van der Waals surface area contributed by atoms with Crippen LogP contribution in [0.1, 0.15) is 17.3 Å². The van der Waals surface area contributed by atoms with Crippen LogP contribution >= 0.6 is 11.8 Å². The number of amides is 2. The zero-order chi connectivity index (χ0) is 19.4. The molecule has 0 aliphatic heterocycles. The summed E-state index contributed by atoms with van der Waals surface area (Å²) in [5.74, 6) is -1.31. The standard InChI is InChI=1S/C19H17FN4O2S/c1-12(25)22-17-11-14(6-7-16(17)20)23-18(26)13-4-3-5-15(10-13)24-9-8-21-19(24)27-2/h3-11H,1-2H3,(H,22,25)(H,23,26). The zero-order valence-electron chi connectivity index (χ0n) is 14.7. The van der Waals surface area contributed by atoms with Crippen molar-refractivity contribution in [2.75, 3.05) is 16.9 Å². The Bertz CT molecular complexity index is 1000. The molecule has 0 aliphatic rings. The van der Waals surface area contributed by atoms with E-state index in [-0.39, 0.29) is 11.6 Å². The van der Waals surface area contributed by atoms with Crippen LogP contribution in [0.2, 0.25) is 0 Å². The van der Waals surface area contributed by atoms with Gasteiger partial charge in [-0.2, -0.15) is 0 Å². The summed E-state index contributed by atoms with van der Waals surface area (Å²) < 4.78 is 15.6. The lowest BCUT2D eigenvalue weighted by atomic mass is 10.1. The molecule has 0 unspecified atom stereocenters. The van der Waals surface area contributed by atoms with Gasteiger partial charge in [0.05, 0.1) is 5.69 Å². The monoisotopic (exact) mass is 384 g/mol. The van der Waals surface area contributed by atoms with Crippen LogP contribution in [-0.4, -0.2) is 27.6 Å². The number of anilines is 2. The summed E-state index contributed by atoms with van der Waals surface area (Å²) >= 11 is 1.50. The molecule has 0 saturated heterocycles. The SMILES string of the molecule is CSc1nccn1-c1cccc(C(=O)Nc2ccc(F)c(NC(C)=O)c2)c1. The first-order valence-corrected chi connectivity index (χ1v) is 9.26. The second kappa shape index (κ2) is 8.05. The molecule has 2 N–H and O–H groups in total. The Morgan fingerprint density at radius 1 is 1.15 bits per heavy atom. The van der Waals surface area contributed by atoms with Crippen LogP contribution < -0.4 is 10.6 Å². The molecule has 0 saturated carbocycles. The Morgan fingerprint density at radius 2 is 1.96 bits per heavy atom. The van der Waals surface area contributed by atoms with Gasteiger partial charge in [0.2, 0.25) is 5.91 Å². The second-order valence-electron chi connectivity index (χ2n) is 5.66. The van der Waals surface area contributed by atoms with E-state index in [1.807, 2.05) is 23.1 Å². The Kier molecular flexibility index (Phi) is 5.56. The molecule has 0 aliphatic carbocycles. The summed E-state index contributed by atoms with van der Waals surface area (Å²) in [6.07, 6.45) is 5.44. The summed E-state index contributed by atoms with van der Waals surface area (Å²) in [4.78, 5) is 28.0. The maximum Gasteiger partial charge on any atom is 0.255 e. The Hall–Kier alpha value is -3.13. The number of hydrogen-bond acceptors (Lipinski definition) is 4. The average Bonchev–Trinajstić information content (AvgIpc) is 3.13. The molecule has 0 bridgehead atoms. The van der Waals surface area contributed by atoms with Crippen molar-refractivity contribution in [3.05, 3.63) is 66.2 Å². The van der Waals surface area contributed by atoms with E-state index in [2.05, 4.69) is 15.6 Å². The highest BCUT2D eigenvalue weighted by molar-refractivity contribution is 7.98. The maximum atomic E-state index is 13.7. The number of nitrogens with zero attached hydrogens (tertiary/aromatic N) is 2. The van der Waals surface area contributed by atoms with Crippen LogP contribution in [0.25, 0.3) is 5.69 Å². The molecular weight excluding hydrogens is 367 g/mol. The molecular formula is C19H17FN4O2S. The molecule has 3 aromatic rings. The van der Waals surface area contributed by atoms with Crippen LogP contribution in [0.3, 0.4) is 0 Å². The van der Waals surface area contributed by atoms with E-state index < -0.39 is 11.7 Å². The predicted molar refractivity (Wildman–Crippen MR) is 104 cm³/mol. The number of rotatable bonds is 5. The van der Waals surface area contributed by atoms with E-state index >= 15 is 0 Å². The van der Waals surface area contributed by atoms with Gasteiger partial charge in [-0.3, -0.25) is 14.2 Å². The lowest BCUT2D eigenvalue weighted by Crippen LogP contribution is -2.13. The van der Waals surface area contributed by atoms with Gasteiger partial charge in [-0.05, 0) is 42.7 Å². The second-order valence-corrected chi connectivity index (χ2v) is 6.44. The fraction of sp³-hybridized carbons (Fsp3) is 0.105. The number of thioether (sulfide) groups is 1. The van der Waals surface area contributed by atoms with Gasteiger partial charge in [-0.25, -0.2) is 9.37 Å². The summed E-state index contributed by atoms with van der Waals surface area (Å²) in [5.41, 5.74) is 1.64. The normalized spacial score (nSPS) is 10.5. The highest BCUT2D eigenvalue weighted by atomic mass is 32.2. The lowest BCUT2D eigenvalue weighted by Gasteiger charge is -2.11. The van der Waals surface area contributed by atoms with Crippen LogP contribution in [0.15, 0.2) is 60.0 Å². The average molecular weight is 384 g/mol. The minimum absolute atomic E-state index is 0.0112. The van der Waals surface area contributed by atoms with E-state index in [0.717, 1.165) is 10.8 Å². The highest BCUT2D eigenvalue weighted by Crippen LogP contribution is 2.22. The van der Waals surface area contributed by atoms with E-state index in [4.69, 9.17) is 0 Å². The molecule has 6 nitrogen and oxygen atoms in total. The molecule has 8 heteroatoms. The van der Waals surface area contributed by atoms with Crippen molar-refractivity contribution in [1.82, 2.24) is 9.55 Å². The van der Waals surface area contributed by atoms with Gasteiger partial charge in [-0.15, -0.1) is 0 Å². The summed E-state index contributed by atoms with van der Waals surface area (Å²) in [6.45, 7) is 1.29. The van der Waals surface area contributed by atoms with Gasteiger partial charge in [0.15, 0.2) is 5.16 Å². The summed E-state index contributed by atoms with van der Waals surface area (Å²) in [5, 5.41) is 5.91. The fourth-order valence-electron chi connectivity index (χ4n) is 2.53. The zero-order valence-corrected chi connectivity index (χ0v) is 15.5. The van der Waals surface area contributed by atoms with E-state index in [0.29, 0.717) is 11.3 Å². The third kappa shape index (κ3) is 4.35. The fourth-order valence-corrected chi connectivity index (χ4v) is 3.06. The molecule has 2 aromatic carbocycles. The molecule has 1 heterocycles. The molecule has 2 amide bonds. The van der Waals surface area contributed by atoms with Gasteiger partial charge in [0, 0.05) is 36.3 Å². The molecule has 27 heavy (non-hydrogen) atoms. The van der Waals surface area contributed by atoms with Crippen molar-refractivity contribution in [3.8, 4) is 5.69 Å².